The highest BCUT2D eigenvalue weighted by atomic mass is 16.3. The summed E-state index contributed by atoms with van der Waals surface area (Å²) < 4.78 is 0. The minimum absolute atomic E-state index is 0.0976. The standard InChI is InChI=1S/C12H14N2O/c13-11(5-7-15)9-3-4-12-10(8-9)2-1-6-14-12/h1-4,6,8,11,15H,5,7,13H2/t11-/m1/s1. The first-order valence-electron chi connectivity index (χ1n) is 5.02. The van der Waals surface area contributed by atoms with Gasteiger partial charge in [-0.15, -0.1) is 0 Å². The number of hydrogen-bond acceptors (Lipinski definition) is 3. The second-order valence-electron chi connectivity index (χ2n) is 3.57. The van der Waals surface area contributed by atoms with Gasteiger partial charge in [-0.05, 0) is 30.2 Å². The molecule has 0 fully saturated rings. The third kappa shape index (κ3) is 2.14. The first-order valence-corrected chi connectivity index (χ1v) is 5.02. The highest BCUT2D eigenvalue weighted by molar-refractivity contribution is 5.79. The second-order valence-corrected chi connectivity index (χ2v) is 3.57. The maximum absolute atomic E-state index is 8.82. The molecule has 0 aliphatic rings. The molecule has 1 aromatic carbocycles. The Morgan fingerprint density at radius 2 is 2.20 bits per heavy atom. The summed E-state index contributed by atoms with van der Waals surface area (Å²) in [6.07, 6.45) is 2.36. The molecule has 0 spiro atoms. The zero-order valence-electron chi connectivity index (χ0n) is 8.43. The summed E-state index contributed by atoms with van der Waals surface area (Å²) in [5.41, 5.74) is 7.93. The largest absolute Gasteiger partial charge is 0.396 e. The van der Waals surface area contributed by atoms with E-state index in [4.69, 9.17) is 10.8 Å². The van der Waals surface area contributed by atoms with Gasteiger partial charge in [0, 0.05) is 24.2 Å². The lowest BCUT2D eigenvalue weighted by Crippen LogP contribution is -2.11. The van der Waals surface area contributed by atoms with Crippen LogP contribution in [0.2, 0.25) is 0 Å². The van der Waals surface area contributed by atoms with Crippen LogP contribution in [-0.2, 0) is 0 Å². The summed E-state index contributed by atoms with van der Waals surface area (Å²) in [6.45, 7) is 0.117. The van der Waals surface area contributed by atoms with Crippen LogP contribution in [0.15, 0.2) is 36.5 Å². The summed E-state index contributed by atoms with van der Waals surface area (Å²) in [7, 11) is 0. The van der Waals surface area contributed by atoms with Gasteiger partial charge in [0.2, 0.25) is 0 Å². The van der Waals surface area contributed by atoms with Gasteiger partial charge in [-0.1, -0.05) is 12.1 Å². The Kier molecular flexibility index (Phi) is 2.94. The number of nitrogens with zero attached hydrogens (tertiary/aromatic N) is 1. The normalized spacial score (nSPS) is 12.9. The summed E-state index contributed by atoms with van der Waals surface area (Å²) >= 11 is 0. The van der Waals surface area contributed by atoms with E-state index in [1.54, 1.807) is 6.20 Å². The molecular formula is C12H14N2O. The highest BCUT2D eigenvalue weighted by Gasteiger charge is 2.05. The van der Waals surface area contributed by atoms with Crippen molar-refractivity contribution in [1.29, 1.82) is 0 Å². The fourth-order valence-electron chi connectivity index (χ4n) is 1.63. The number of aliphatic hydroxyl groups excluding tert-OH is 1. The van der Waals surface area contributed by atoms with E-state index in [1.165, 1.54) is 0 Å². The Morgan fingerprint density at radius 3 is 3.00 bits per heavy atom. The van der Waals surface area contributed by atoms with Crippen LogP contribution in [0.5, 0.6) is 0 Å². The van der Waals surface area contributed by atoms with E-state index in [9.17, 15) is 0 Å². The summed E-state index contributed by atoms with van der Waals surface area (Å²) in [4.78, 5) is 4.24. The SMILES string of the molecule is N[C@H](CCO)c1ccc2ncccc2c1. The molecule has 3 N–H and O–H groups in total. The minimum Gasteiger partial charge on any atom is -0.396 e. The number of fused-ring (bicyclic) bond motifs is 1. The predicted octanol–water partition coefficient (Wildman–Crippen LogP) is 1.62. The molecular weight excluding hydrogens is 188 g/mol. The van der Waals surface area contributed by atoms with E-state index in [0.717, 1.165) is 16.5 Å². The average Bonchev–Trinajstić information content (AvgIpc) is 2.29. The molecule has 15 heavy (non-hydrogen) atoms. The van der Waals surface area contributed by atoms with Gasteiger partial charge in [-0.2, -0.15) is 0 Å². The van der Waals surface area contributed by atoms with Crippen molar-refractivity contribution in [3.05, 3.63) is 42.1 Å². The molecule has 0 aliphatic carbocycles. The van der Waals surface area contributed by atoms with E-state index < -0.39 is 0 Å². The number of benzene rings is 1. The fraction of sp³-hybridized carbons (Fsp3) is 0.250. The average molecular weight is 202 g/mol. The second kappa shape index (κ2) is 4.38. The molecule has 1 aromatic heterocycles. The van der Waals surface area contributed by atoms with Crippen LogP contribution in [0.25, 0.3) is 10.9 Å². The van der Waals surface area contributed by atoms with E-state index in [-0.39, 0.29) is 12.6 Å². The topological polar surface area (TPSA) is 59.1 Å². The van der Waals surface area contributed by atoms with Crippen LogP contribution >= 0.6 is 0 Å². The lowest BCUT2D eigenvalue weighted by Gasteiger charge is -2.10. The smallest absolute Gasteiger partial charge is 0.0702 e. The first-order chi connectivity index (χ1) is 7.31. The van der Waals surface area contributed by atoms with Crippen molar-refractivity contribution in [2.75, 3.05) is 6.61 Å². The number of aliphatic hydroxyl groups is 1. The lowest BCUT2D eigenvalue weighted by molar-refractivity contribution is 0.276. The van der Waals surface area contributed by atoms with Gasteiger partial charge < -0.3 is 10.8 Å². The van der Waals surface area contributed by atoms with Crippen molar-refractivity contribution in [2.24, 2.45) is 5.73 Å². The number of aromatic nitrogens is 1. The van der Waals surface area contributed by atoms with Crippen molar-refractivity contribution in [3.63, 3.8) is 0 Å². The lowest BCUT2D eigenvalue weighted by atomic mass is 10.0. The molecule has 2 rings (SSSR count). The Bertz CT molecular complexity index is 456. The summed E-state index contributed by atoms with van der Waals surface area (Å²) in [5.74, 6) is 0. The summed E-state index contributed by atoms with van der Waals surface area (Å²) in [5, 5.41) is 9.91. The van der Waals surface area contributed by atoms with Crippen molar-refractivity contribution < 1.29 is 5.11 Å². The number of nitrogens with two attached hydrogens (primary N) is 1. The van der Waals surface area contributed by atoms with Crippen molar-refractivity contribution >= 4 is 10.9 Å². The van der Waals surface area contributed by atoms with E-state index in [0.29, 0.717) is 6.42 Å². The third-order valence-electron chi connectivity index (χ3n) is 2.50. The molecule has 3 nitrogen and oxygen atoms in total. The van der Waals surface area contributed by atoms with Gasteiger partial charge in [-0.25, -0.2) is 0 Å². The number of pyridine rings is 1. The molecule has 0 amide bonds. The van der Waals surface area contributed by atoms with Crippen LogP contribution in [0.1, 0.15) is 18.0 Å². The van der Waals surface area contributed by atoms with Gasteiger partial charge in [0.25, 0.3) is 0 Å². The first kappa shape index (κ1) is 10.1. The van der Waals surface area contributed by atoms with Gasteiger partial charge in [0.1, 0.15) is 0 Å². The molecule has 0 bridgehead atoms. The minimum atomic E-state index is -0.0976. The molecule has 2 aromatic rings. The van der Waals surface area contributed by atoms with Crippen LogP contribution < -0.4 is 5.73 Å². The molecule has 78 valence electrons. The molecule has 1 heterocycles. The van der Waals surface area contributed by atoms with Crippen molar-refractivity contribution in [2.45, 2.75) is 12.5 Å². The fourth-order valence-corrected chi connectivity index (χ4v) is 1.63. The molecule has 0 saturated carbocycles. The number of rotatable bonds is 3. The molecule has 3 heteroatoms. The van der Waals surface area contributed by atoms with Crippen LogP contribution in [0.4, 0.5) is 0 Å². The van der Waals surface area contributed by atoms with Crippen LogP contribution in [0, 0.1) is 0 Å². The Hall–Kier alpha value is -1.45. The molecule has 0 saturated heterocycles. The van der Waals surface area contributed by atoms with Crippen LogP contribution in [0.3, 0.4) is 0 Å². The highest BCUT2D eigenvalue weighted by Crippen LogP contribution is 2.19. The molecule has 0 unspecified atom stereocenters. The zero-order chi connectivity index (χ0) is 10.7. The Labute approximate surface area is 88.6 Å². The Morgan fingerprint density at radius 1 is 1.33 bits per heavy atom. The zero-order valence-corrected chi connectivity index (χ0v) is 8.43. The monoisotopic (exact) mass is 202 g/mol. The molecule has 0 radical (unpaired) electrons. The maximum atomic E-state index is 8.82. The molecule has 1 atom stereocenters. The van der Waals surface area contributed by atoms with E-state index in [1.807, 2.05) is 30.3 Å². The van der Waals surface area contributed by atoms with Gasteiger partial charge >= 0.3 is 0 Å². The predicted molar refractivity (Wildman–Crippen MR) is 60.4 cm³/mol. The number of hydrogen-bond donors (Lipinski definition) is 2. The maximum Gasteiger partial charge on any atom is 0.0702 e. The Balaban J connectivity index is 2.38. The van der Waals surface area contributed by atoms with E-state index >= 15 is 0 Å². The third-order valence-corrected chi connectivity index (χ3v) is 2.50. The van der Waals surface area contributed by atoms with Gasteiger partial charge in [-0.3, -0.25) is 4.98 Å². The van der Waals surface area contributed by atoms with Crippen LogP contribution in [-0.4, -0.2) is 16.7 Å². The van der Waals surface area contributed by atoms with Gasteiger partial charge in [0.05, 0.1) is 5.52 Å². The van der Waals surface area contributed by atoms with Crippen molar-refractivity contribution in [1.82, 2.24) is 4.98 Å². The quantitative estimate of drug-likeness (QED) is 0.795. The molecule has 0 aliphatic heterocycles. The van der Waals surface area contributed by atoms with Gasteiger partial charge in [0.15, 0.2) is 0 Å². The summed E-state index contributed by atoms with van der Waals surface area (Å²) in [6, 6.07) is 9.78. The van der Waals surface area contributed by atoms with Crippen molar-refractivity contribution in [3.8, 4) is 0 Å². The van der Waals surface area contributed by atoms with E-state index in [2.05, 4.69) is 4.98 Å².